The molecule has 3 aromatic carbocycles. The fourth-order valence-corrected chi connectivity index (χ4v) is 5.29. The van der Waals surface area contributed by atoms with Crippen LogP contribution in [0.3, 0.4) is 0 Å². The number of aryl methyl sites for hydroxylation is 3. The molecule has 5 aromatic rings. The van der Waals surface area contributed by atoms with E-state index in [1.54, 1.807) is 38.5 Å². The second-order valence-electron chi connectivity index (χ2n) is 9.10. The molecule has 39 heavy (non-hydrogen) atoms. The molecule has 0 aliphatic heterocycles. The van der Waals surface area contributed by atoms with Gasteiger partial charge in [-0.2, -0.15) is 0 Å². The summed E-state index contributed by atoms with van der Waals surface area (Å²) in [5.74, 6) is 0.947. The molecule has 7 nitrogen and oxygen atoms in total. The minimum absolute atomic E-state index is 0.181. The third-order valence-corrected chi connectivity index (χ3v) is 7.47. The lowest BCUT2D eigenvalue weighted by Crippen LogP contribution is -2.21. The molecule has 2 aromatic heterocycles. The summed E-state index contributed by atoms with van der Waals surface area (Å²) in [5.41, 5.74) is 5.94. The predicted molar refractivity (Wildman–Crippen MR) is 155 cm³/mol. The lowest BCUT2D eigenvalue weighted by Gasteiger charge is -2.07. The van der Waals surface area contributed by atoms with Crippen molar-refractivity contribution in [3.63, 3.8) is 0 Å². The van der Waals surface area contributed by atoms with Crippen LogP contribution < -0.4 is 20.3 Å². The summed E-state index contributed by atoms with van der Waals surface area (Å²) in [7, 11) is 3.19. The molecule has 0 bridgehead atoms. The molecule has 2 heterocycles. The topological polar surface area (TPSA) is 86.0 Å². The van der Waals surface area contributed by atoms with Gasteiger partial charge in [-0.3, -0.25) is 10.1 Å². The maximum absolute atomic E-state index is 13.7. The number of fused-ring (bicyclic) bond motifs is 1. The molecule has 0 atom stereocenters. The molecule has 0 unspecified atom stereocenters. The second-order valence-corrected chi connectivity index (χ2v) is 10.2. The maximum Gasteiger partial charge on any atom is 0.262 e. The summed E-state index contributed by atoms with van der Waals surface area (Å²) in [6.07, 6.45) is 0.803. The Hall–Kier alpha value is -4.43. The standard InChI is InChI=1S/C31H29N3O4S/c1-6-27-28(24-12-10-18(2)14-19(24)3)33-31(39-27)34-29(35)25-16-20-15-23(37-5)11-13-26(20)38-30(25)32-21-8-7-9-22(17-21)36-4/h7-17H,6H2,1-5H3,(H,33,34,35). The van der Waals surface area contributed by atoms with Crippen LogP contribution >= 0.6 is 11.3 Å². The summed E-state index contributed by atoms with van der Waals surface area (Å²) in [4.78, 5) is 24.3. The zero-order valence-electron chi connectivity index (χ0n) is 22.5. The fourth-order valence-electron chi connectivity index (χ4n) is 4.38. The third-order valence-electron chi connectivity index (χ3n) is 6.36. The number of hydrogen-bond donors (Lipinski definition) is 1. The Bertz CT molecular complexity index is 1750. The number of rotatable bonds is 7. The van der Waals surface area contributed by atoms with Gasteiger partial charge in [0, 0.05) is 21.9 Å². The quantitative estimate of drug-likeness (QED) is 0.236. The van der Waals surface area contributed by atoms with Gasteiger partial charge in [0.2, 0.25) is 5.55 Å². The number of carbonyl (C=O) groups is 1. The van der Waals surface area contributed by atoms with Crippen molar-refractivity contribution in [2.45, 2.75) is 27.2 Å². The SMILES string of the molecule is CCc1sc(NC(=O)c2cc3cc(OC)ccc3oc2=Nc2cccc(OC)c2)nc1-c1ccc(C)cc1C. The van der Waals surface area contributed by atoms with E-state index in [1.807, 2.05) is 24.3 Å². The predicted octanol–water partition coefficient (Wildman–Crippen LogP) is 7.24. The van der Waals surface area contributed by atoms with E-state index in [0.29, 0.717) is 33.3 Å². The molecule has 0 saturated heterocycles. The minimum Gasteiger partial charge on any atom is -0.497 e. The first-order valence-electron chi connectivity index (χ1n) is 12.6. The first-order chi connectivity index (χ1) is 18.9. The average molecular weight is 540 g/mol. The van der Waals surface area contributed by atoms with Crippen LogP contribution in [0.25, 0.3) is 22.2 Å². The highest BCUT2D eigenvalue weighted by Crippen LogP contribution is 2.34. The Kier molecular flexibility index (Phi) is 7.47. The molecule has 1 N–H and O–H groups in total. The number of ether oxygens (including phenoxy) is 2. The number of nitrogens with zero attached hydrogens (tertiary/aromatic N) is 2. The number of thiazole rings is 1. The van der Waals surface area contributed by atoms with Crippen molar-refractivity contribution in [2.75, 3.05) is 19.5 Å². The number of amides is 1. The van der Waals surface area contributed by atoms with Crippen molar-refractivity contribution in [2.24, 2.45) is 4.99 Å². The first-order valence-corrected chi connectivity index (χ1v) is 13.4. The van der Waals surface area contributed by atoms with Crippen LogP contribution in [0.1, 0.15) is 33.3 Å². The average Bonchev–Trinajstić information content (AvgIpc) is 3.34. The molecule has 0 aliphatic carbocycles. The van der Waals surface area contributed by atoms with Crippen LogP contribution in [-0.2, 0) is 6.42 Å². The Balaban J connectivity index is 1.58. The number of carbonyl (C=O) groups excluding carboxylic acids is 1. The van der Waals surface area contributed by atoms with E-state index in [4.69, 9.17) is 18.9 Å². The van der Waals surface area contributed by atoms with Gasteiger partial charge in [-0.1, -0.05) is 36.8 Å². The molecule has 1 amide bonds. The van der Waals surface area contributed by atoms with Gasteiger partial charge in [-0.15, -0.1) is 11.3 Å². The van der Waals surface area contributed by atoms with Gasteiger partial charge in [0.1, 0.15) is 22.6 Å². The van der Waals surface area contributed by atoms with E-state index in [1.165, 1.54) is 16.9 Å². The van der Waals surface area contributed by atoms with Crippen molar-refractivity contribution in [1.29, 1.82) is 0 Å². The minimum atomic E-state index is -0.367. The molecule has 198 valence electrons. The molecule has 0 saturated carbocycles. The van der Waals surface area contributed by atoms with Crippen LogP contribution in [0.2, 0.25) is 0 Å². The molecule has 8 heteroatoms. The van der Waals surface area contributed by atoms with Crippen molar-refractivity contribution in [3.8, 4) is 22.8 Å². The van der Waals surface area contributed by atoms with Crippen molar-refractivity contribution >= 4 is 39.0 Å². The number of hydrogen-bond acceptors (Lipinski definition) is 7. The zero-order valence-corrected chi connectivity index (χ0v) is 23.3. The van der Waals surface area contributed by atoms with E-state index in [0.717, 1.165) is 28.1 Å². The zero-order chi connectivity index (χ0) is 27.5. The number of nitrogens with one attached hydrogen (secondary N) is 1. The van der Waals surface area contributed by atoms with Crippen LogP contribution in [0.5, 0.6) is 11.5 Å². The maximum atomic E-state index is 13.7. The van der Waals surface area contributed by atoms with Gasteiger partial charge in [0.15, 0.2) is 5.13 Å². The van der Waals surface area contributed by atoms with Crippen molar-refractivity contribution < 1.29 is 18.7 Å². The highest BCUT2D eigenvalue weighted by atomic mass is 32.1. The molecule has 0 radical (unpaired) electrons. The van der Waals surface area contributed by atoms with Gasteiger partial charge in [-0.25, -0.2) is 9.98 Å². The lowest BCUT2D eigenvalue weighted by molar-refractivity contribution is 0.102. The van der Waals surface area contributed by atoms with Crippen LogP contribution in [0, 0.1) is 13.8 Å². The highest BCUT2D eigenvalue weighted by Gasteiger charge is 2.19. The summed E-state index contributed by atoms with van der Waals surface area (Å²) < 4.78 is 16.8. The normalized spacial score (nSPS) is 11.6. The summed E-state index contributed by atoms with van der Waals surface area (Å²) >= 11 is 1.47. The van der Waals surface area contributed by atoms with Gasteiger partial charge in [0.25, 0.3) is 5.91 Å². The number of methoxy groups -OCH3 is 2. The van der Waals surface area contributed by atoms with Gasteiger partial charge in [0.05, 0.1) is 25.6 Å². The summed E-state index contributed by atoms with van der Waals surface area (Å²) in [6.45, 7) is 6.24. The van der Waals surface area contributed by atoms with Crippen LogP contribution in [0.4, 0.5) is 10.8 Å². The molecular weight excluding hydrogens is 510 g/mol. The van der Waals surface area contributed by atoms with Crippen molar-refractivity contribution in [3.05, 3.63) is 93.9 Å². The number of benzene rings is 3. The lowest BCUT2D eigenvalue weighted by atomic mass is 10.0. The smallest absolute Gasteiger partial charge is 0.262 e. The molecule has 0 fully saturated rings. The van der Waals surface area contributed by atoms with Gasteiger partial charge in [-0.05, 0) is 62.2 Å². The fraction of sp³-hybridized carbons (Fsp3) is 0.194. The Labute approximate surface area is 230 Å². The summed E-state index contributed by atoms with van der Waals surface area (Å²) in [6, 6.07) is 20.8. The monoisotopic (exact) mass is 539 g/mol. The van der Waals surface area contributed by atoms with Gasteiger partial charge >= 0.3 is 0 Å². The van der Waals surface area contributed by atoms with E-state index in [-0.39, 0.29) is 17.0 Å². The number of anilines is 1. The molecule has 0 spiro atoms. The molecule has 5 rings (SSSR count). The van der Waals surface area contributed by atoms with E-state index in [9.17, 15) is 4.79 Å². The largest absolute Gasteiger partial charge is 0.497 e. The Morgan fingerprint density at radius 3 is 2.54 bits per heavy atom. The second kappa shape index (κ2) is 11.1. The highest BCUT2D eigenvalue weighted by molar-refractivity contribution is 7.16. The van der Waals surface area contributed by atoms with Crippen molar-refractivity contribution in [1.82, 2.24) is 4.98 Å². The number of aromatic nitrogens is 1. The van der Waals surface area contributed by atoms with Crippen LogP contribution in [-0.4, -0.2) is 25.1 Å². The Morgan fingerprint density at radius 1 is 1.00 bits per heavy atom. The Morgan fingerprint density at radius 2 is 1.79 bits per heavy atom. The van der Waals surface area contributed by atoms with Gasteiger partial charge < -0.3 is 13.9 Å². The van der Waals surface area contributed by atoms with E-state index >= 15 is 0 Å². The first kappa shape index (κ1) is 26.2. The van der Waals surface area contributed by atoms with Crippen LogP contribution in [0.15, 0.2) is 76.1 Å². The van der Waals surface area contributed by atoms with E-state index in [2.05, 4.69) is 49.3 Å². The molecule has 0 aliphatic rings. The molecular formula is C31H29N3O4S. The van der Waals surface area contributed by atoms with E-state index < -0.39 is 0 Å². The summed E-state index contributed by atoms with van der Waals surface area (Å²) in [5, 5.41) is 4.22. The third kappa shape index (κ3) is 5.56.